The van der Waals surface area contributed by atoms with Crippen molar-refractivity contribution in [2.45, 2.75) is 27.3 Å². The van der Waals surface area contributed by atoms with Crippen LogP contribution < -0.4 is 10.9 Å². The molecule has 3 rings (SSSR count). The van der Waals surface area contributed by atoms with E-state index in [1.54, 1.807) is 19.1 Å². The first kappa shape index (κ1) is 21.7. The standard InChI is InChI=1S/C23H26N4O2S/c1-4-27(5-2)15-17-11-13-18(14-12-17)21(28)25-26-22(29)20-16(3)24-23(30-20)19-9-7-6-8-10-19/h6-14H,4-5,15H2,1-3H3,(H,25,28)(H,26,29). The van der Waals surface area contributed by atoms with Crippen LogP contribution in [0.3, 0.4) is 0 Å². The van der Waals surface area contributed by atoms with Crippen molar-refractivity contribution >= 4 is 23.2 Å². The molecular weight excluding hydrogens is 396 g/mol. The molecule has 156 valence electrons. The van der Waals surface area contributed by atoms with E-state index < -0.39 is 0 Å². The quantitative estimate of drug-likeness (QED) is 0.564. The highest BCUT2D eigenvalue weighted by molar-refractivity contribution is 7.17. The molecule has 0 unspecified atom stereocenters. The van der Waals surface area contributed by atoms with Crippen LogP contribution in [0.5, 0.6) is 0 Å². The Morgan fingerprint density at radius 1 is 0.933 bits per heavy atom. The average molecular weight is 423 g/mol. The number of carbonyl (C=O) groups excluding carboxylic acids is 2. The Morgan fingerprint density at radius 2 is 1.57 bits per heavy atom. The molecule has 1 aromatic heterocycles. The molecule has 0 saturated carbocycles. The first-order valence-electron chi connectivity index (χ1n) is 9.96. The smallest absolute Gasteiger partial charge is 0.281 e. The fraction of sp³-hybridized carbons (Fsp3) is 0.261. The Bertz CT molecular complexity index is 996. The molecule has 0 fully saturated rings. The average Bonchev–Trinajstić information content (AvgIpc) is 3.18. The molecule has 0 saturated heterocycles. The lowest BCUT2D eigenvalue weighted by atomic mass is 10.1. The van der Waals surface area contributed by atoms with E-state index in [0.717, 1.165) is 35.8 Å². The third-order valence-electron chi connectivity index (χ3n) is 4.83. The lowest BCUT2D eigenvalue weighted by molar-refractivity contribution is 0.0848. The zero-order chi connectivity index (χ0) is 21.5. The second kappa shape index (κ2) is 10.1. The van der Waals surface area contributed by atoms with Crippen LogP contribution in [0.2, 0.25) is 0 Å². The van der Waals surface area contributed by atoms with Gasteiger partial charge in [-0.3, -0.25) is 25.3 Å². The molecule has 0 radical (unpaired) electrons. The van der Waals surface area contributed by atoms with Gasteiger partial charge in [-0.15, -0.1) is 11.3 Å². The number of nitrogens with zero attached hydrogens (tertiary/aromatic N) is 2. The van der Waals surface area contributed by atoms with Crippen molar-refractivity contribution < 1.29 is 9.59 Å². The molecule has 1 heterocycles. The molecule has 7 heteroatoms. The van der Waals surface area contributed by atoms with Gasteiger partial charge in [-0.2, -0.15) is 0 Å². The van der Waals surface area contributed by atoms with E-state index in [-0.39, 0.29) is 11.8 Å². The highest BCUT2D eigenvalue weighted by atomic mass is 32.1. The highest BCUT2D eigenvalue weighted by Gasteiger charge is 2.17. The third-order valence-corrected chi connectivity index (χ3v) is 6.04. The fourth-order valence-electron chi connectivity index (χ4n) is 3.02. The van der Waals surface area contributed by atoms with Gasteiger partial charge in [0, 0.05) is 17.7 Å². The third kappa shape index (κ3) is 5.31. The minimum Gasteiger partial charge on any atom is -0.300 e. The number of hydrogen-bond acceptors (Lipinski definition) is 5. The zero-order valence-electron chi connectivity index (χ0n) is 17.4. The summed E-state index contributed by atoms with van der Waals surface area (Å²) in [6.07, 6.45) is 0. The minimum absolute atomic E-state index is 0.358. The van der Waals surface area contributed by atoms with Crippen molar-refractivity contribution in [1.29, 1.82) is 0 Å². The molecule has 0 atom stereocenters. The van der Waals surface area contributed by atoms with Crippen molar-refractivity contribution in [2.75, 3.05) is 13.1 Å². The molecule has 2 amide bonds. The summed E-state index contributed by atoms with van der Waals surface area (Å²) in [5, 5.41) is 0.772. The van der Waals surface area contributed by atoms with Gasteiger partial charge in [0.25, 0.3) is 11.8 Å². The number of hydrazine groups is 1. The Labute approximate surface area is 180 Å². The summed E-state index contributed by atoms with van der Waals surface area (Å²) < 4.78 is 0. The monoisotopic (exact) mass is 422 g/mol. The zero-order valence-corrected chi connectivity index (χ0v) is 18.3. The molecule has 6 nitrogen and oxygen atoms in total. The van der Waals surface area contributed by atoms with E-state index in [1.807, 2.05) is 42.5 Å². The predicted molar refractivity (Wildman–Crippen MR) is 120 cm³/mol. The van der Waals surface area contributed by atoms with Gasteiger partial charge in [-0.1, -0.05) is 56.3 Å². The van der Waals surface area contributed by atoms with Gasteiger partial charge in [0.15, 0.2) is 0 Å². The second-order valence-corrected chi connectivity index (χ2v) is 7.87. The number of benzene rings is 2. The molecule has 3 aromatic rings. The van der Waals surface area contributed by atoms with Crippen LogP contribution in [0.1, 0.15) is 45.1 Å². The summed E-state index contributed by atoms with van der Waals surface area (Å²) >= 11 is 1.30. The molecule has 0 aliphatic carbocycles. The molecule has 30 heavy (non-hydrogen) atoms. The van der Waals surface area contributed by atoms with E-state index in [4.69, 9.17) is 0 Å². The Balaban J connectivity index is 1.59. The van der Waals surface area contributed by atoms with Gasteiger partial charge in [-0.05, 0) is 37.7 Å². The lowest BCUT2D eigenvalue weighted by Gasteiger charge is -2.18. The Morgan fingerprint density at radius 3 is 2.20 bits per heavy atom. The maximum absolute atomic E-state index is 12.5. The number of rotatable bonds is 7. The van der Waals surface area contributed by atoms with Crippen molar-refractivity contribution in [1.82, 2.24) is 20.7 Å². The number of thiazole rings is 1. The highest BCUT2D eigenvalue weighted by Crippen LogP contribution is 2.27. The van der Waals surface area contributed by atoms with Crippen LogP contribution in [0.25, 0.3) is 10.6 Å². The van der Waals surface area contributed by atoms with E-state index >= 15 is 0 Å². The number of amides is 2. The van der Waals surface area contributed by atoms with Gasteiger partial charge in [-0.25, -0.2) is 4.98 Å². The van der Waals surface area contributed by atoms with Gasteiger partial charge < -0.3 is 0 Å². The number of aryl methyl sites for hydroxylation is 1. The van der Waals surface area contributed by atoms with Crippen LogP contribution in [-0.4, -0.2) is 34.8 Å². The topological polar surface area (TPSA) is 74.3 Å². The minimum atomic E-state index is -0.376. The van der Waals surface area contributed by atoms with Crippen molar-refractivity contribution in [3.05, 3.63) is 76.3 Å². The summed E-state index contributed by atoms with van der Waals surface area (Å²) in [4.78, 5) is 32.2. The largest absolute Gasteiger partial charge is 0.300 e. The van der Waals surface area contributed by atoms with E-state index in [0.29, 0.717) is 16.1 Å². The van der Waals surface area contributed by atoms with Crippen molar-refractivity contribution in [3.8, 4) is 10.6 Å². The lowest BCUT2D eigenvalue weighted by Crippen LogP contribution is -2.41. The van der Waals surface area contributed by atoms with Gasteiger partial charge in [0.1, 0.15) is 9.88 Å². The summed E-state index contributed by atoms with van der Waals surface area (Å²) in [6.45, 7) is 8.85. The molecule has 2 N–H and O–H groups in total. The summed E-state index contributed by atoms with van der Waals surface area (Å²) in [5.74, 6) is -0.734. The van der Waals surface area contributed by atoms with E-state index in [1.165, 1.54) is 11.3 Å². The maximum atomic E-state index is 12.5. The van der Waals surface area contributed by atoms with Gasteiger partial charge in [0.05, 0.1) is 5.69 Å². The number of carbonyl (C=O) groups is 2. The number of nitrogens with one attached hydrogen (secondary N) is 2. The molecule has 0 aliphatic heterocycles. The molecular formula is C23H26N4O2S. The molecule has 2 aromatic carbocycles. The second-order valence-electron chi connectivity index (χ2n) is 6.87. The van der Waals surface area contributed by atoms with Crippen LogP contribution in [0.15, 0.2) is 54.6 Å². The molecule has 0 bridgehead atoms. The van der Waals surface area contributed by atoms with Crippen LogP contribution in [-0.2, 0) is 6.54 Å². The summed E-state index contributed by atoms with van der Waals surface area (Å²) in [5.41, 5.74) is 8.20. The maximum Gasteiger partial charge on any atom is 0.281 e. The van der Waals surface area contributed by atoms with Gasteiger partial charge >= 0.3 is 0 Å². The van der Waals surface area contributed by atoms with Gasteiger partial charge in [0.2, 0.25) is 0 Å². The first-order valence-corrected chi connectivity index (χ1v) is 10.8. The number of hydrogen-bond donors (Lipinski definition) is 2. The Hall–Kier alpha value is -3.03. The summed E-state index contributed by atoms with van der Waals surface area (Å²) in [7, 11) is 0. The van der Waals surface area contributed by atoms with E-state index in [2.05, 4.69) is 34.6 Å². The first-order chi connectivity index (χ1) is 14.5. The predicted octanol–water partition coefficient (Wildman–Crippen LogP) is 4.04. The van der Waals surface area contributed by atoms with Crippen molar-refractivity contribution in [2.24, 2.45) is 0 Å². The number of aromatic nitrogens is 1. The molecule has 0 spiro atoms. The fourth-order valence-corrected chi connectivity index (χ4v) is 3.99. The van der Waals surface area contributed by atoms with Crippen LogP contribution in [0.4, 0.5) is 0 Å². The molecule has 0 aliphatic rings. The SMILES string of the molecule is CCN(CC)Cc1ccc(C(=O)NNC(=O)c2sc(-c3ccccc3)nc2C)cc1. The Kier molecular flexibility index (Phi) is 7.32. The summed E-state index contributed by atoms with van der Waals surface area (Å²) in [6, 6.07) is 17.1. The normalized spacial score (nSPS) is 10.8. The van der Waals surface area contributed by atoms with Crippen molar-refractivity contribution in [3.63, 3.8) is 0 Å². The van der Waals surface area contributed by atoms with Crippen LogP contribution >= 0.6 is 11.3 Å². The van der Waals surface area contributed by atoms with E-state index in [9.17, 15) is 9.59 Å². The van der Waals surface area contributed by atoms with Crippen LogP contribution in [0, 0.1) is 6.92 Å².